The van der Waals surface area contributed by atoms with Gasteiger partial charge >= 0.3 is 0 Å². The molecule has 0 spiro atoms. The number of halogens is 1. The first-order valence-electron chi connectivity index (χ1n) is 7.91. The number of anilines is 1. The summed E-state index contributed by atoms with van der Waals surface area (Å²) in [5.74, 6) is 0.200. The number of primary amides is 1. The van der Waals surface area contributed by atoms with Crippen LogP contribution in [0.1, 0.15) is 22.3 Å². The van der Waals surface area contributed by atoms with Gasteiger partial charge in [-0.1, -0.05) is 29.3 Å². The van der Waals surface area contributed by atoms with Gasteiger partial charge in [0.15, 0.2) is 18.1 Å². The largest absolute Gasteiger partial charge is 0.493 e. The fourth-order valence-corrected chi connectivity index (χ4v) is 3.10. The maximum Gasteiger partial charge on any atom is 0.255 e. The lowest BCUT2D eigenvalue weighted by Crippen LogP contribution is -2.20. The van der Waals surface area contributed by atoms with E-state index in [1.54, 1.807) is 6.07 Å². The van der Waals surface area contributed by atoms with Crippen LogP contribution in [0.25, 0.3) is 0 Å². The number of hydrogen-bond acceptors (Lipinski definition) is 4. The van der Waals surface area contributed by atoms with Crippen LogP contribution in [0.15, 0.2) is 24.3 Å². The molecule has 134 valence electrons. The van der Waals surface area contributed by atoms with E-state index in [1.807, 2.05) is 6.07 Å². The van der Waals surface area contributed by atoms with Crippen LogP contribution in [-0.4, -0.2) is 19.6 Å². The Labute approximate surface area is 153 Å². The van der Waals surface area contributed by atoms with E-state index in [2.05, 4.69) is 38.2 Å². The third kappa shape index (κ3) is 4.79. The zero-order valence-corrected chi connectivity index (χ0v) is 15.7. The molecule has 0 aliphatic rings. The third-order valence-corrected chi connectivity index (χ3v) is 4.08. The van der Waals surface area contributed by atoms with Gasteiger partial charge < -0.3 is 20.5 Å². The van der Waals surface area contributed by atoms with E-state index in [0.717, 1.165) is 11.3 Å². The van der Waals surface area contributed by atoms with Crippen molar-refractivity contribution in [2.45, 2.75) is 27.3 Å². The zero-order valence-electron chi connectivity index (χ0n) is 14.9. The van der Waals surface area contributed by atoms with E-state index in [-0.39, 0.29) is 6.61 Å². The third-order valence-electron chi connectivity index (χ3n) is 3.79. The Balaban J connectivity index is 2.21. The van der Waals surface area contributed by atoms with Crippen molar-refractivity contribution in [1.29, 1.82) is 0 Å². The molecule has 0 saturated heterocycles. The number of carbonyl (C=O) groups is 1. The first kappa shape index (κ1) is 18.9. The number of aryl methyl sites for hydroxylation is 3. The van der Waals surface area contributed by atoms with Crippen LogP contribution in [0.4, 0.5) is 5.69 Å². The molecule has 25 heavy (non-hydrogen) atoms. The number of ether oxygens (including phenoxy) is 2. The van der Waals surface area contributed by atoms with Gasteiger partial charge in [0.05, 0.1) is 12.1 Å². The number of nitrogens with one attached hydrogen (secondary N) is 1. The van der Waals surface area contributed by atoms with Crippen LogP contribution in [0.2, 0.25) is 5.02 Å². The highest BCUT2D eigenvalue weighted by Gasteiger charge is 2.13. The summed E-state index contributed by atoms with van der Waals surface area (Å²) >= 11 is 6.28. The first-order valence-corrected chi connectivity index (χ1v) is 8.28. The molecule has 2 rings (SSSR count). The van der Waals surface area contributed by atoms with Gasteiger partial charge in [-0.25, -0.2) is 0 Å². The van der Waals surface area contributed by atoms with Gasteiger partial charge in [-0.05, 0) is 49.6 Å². The molecule has 2 aromatic rings. The second-order valence-electron chi connectivity index (χ2n) is 5.99. The van der Waals surface area contributed by atoms with Gasteiger partial charge in [-0.15, -0.1) is 0 Å². The van der Waals surface area contributed by atoms with Crippen molar-refractivity contribution in [3.8, 4) is 11.5 Å². The van der Waals surface area contributed by atoms with Crippen LogP contribution >= 0.6 is 11.6 Å². The molecule has 5 nitrogen and oxygen atoms in total. The molecular weight excluding hydrogens is 340 g/mol. The molecule has 0 aromatic heterocycles. The Morgan fingerprint density at radius 1 is 1.16 bits per heavy atom. The maximum atomic E-state index is 10.9. The van der Waals surface area contributed by atoms with Gasteiger partial charge in [-0.3, -0.25) is 4.79 Å². The van der Waals surface area contributed by atoms with Crippen LogP contribution in [0, 0.1) is 20.8 Å². The predicted octanol–water partition coefficient (Wildman–Crippen LogP) is 3.75. The highest BCUT2D eigenvalue weighted by atomic mass is 35.5. The summed E-state index contributed by atoms with van der Waals surface area (Å²) in [4.78, 5) is 10.9. The van der Waals surface area contributed by atoms with Crippen molar-refractivity contribution in [2.24, 2.45) is 5.73 Å². The summed E-state index contributed by atoms with van der Waals surface area (Å²) in [6, 6.07) is 7.90. The second-order valence-corrected chi connectivity index (χ2v) is 6.40. The number of amides is 1. The number of hydrogen-bond donors (Lipinski definition) is 2. The van der Waals surface area contributed by atoms with Gasteiger partial charge in [0.1, 0.15) is 0 Å². The number of carbonyl (C=O) groups excluding carboxylic acids is 1. The van der Waals surface area contributed by atoms with Crippen LogP contribution in [0.3, 0.4) is 0 Å². The molecule has 2 aromatic carbocycles. The fraction of sp³-hybridized carbons (Fsp3) is 0.316. The lowest BCUT2D eigenvalue weighted by molar-refractivity contribution is -0.119. The summed E-state index contributed by atoms with van der Waals surface area (Å²) in [6.45, 7) is 6.57. The lowest BCUT2D eigenvalue weighted by Gasteiger charge is -2.16. The predicted molar refractivity (Wildman–Crippen MR) is 101 cm³/mol. The van der Waals surface area contributed by atoms with E-state index >= 15 is 0 Å². The minimum atomic E-state index is -0.575. The van der Waals surface area contributed by atoms with Crippen LogP contribution in [-0.2, 0) is 11.3 Å². The molecule has 6 heteroatoms. The smallest absolute Gasteiger partial charge is 0.255 e. The van der Waals surface area contributed by atoms with Crippen molar-refractivity contribution in [3.63, 3.8) is 0 Å². The molecule has 0 aliphatic heterocycles. The molecule has 0 aliphatic carbocycles. The first-order chi connectivity index (χ1) is 11.8. The monoisotopic (exact) mass is 362 g/mol. The van der Waals surface area contributed by atoms with E-state index < -0.39 is 5.91 Å². The second kappa shape index (κ2) is 8.12. The Morgan fingerprint density at radius 2 is 1.80 bits per heavy atom. The summed E-state index contributed by atoms with van der Waals surface area (Å²) in [5, 5.41) is 3.81. The molecule has 0 heterocycles. The summed E-state index contributed by atoms with van der Waals surface area (Å²) in [7, 11) is 1.52. The van der Waals surface area contributed by atoms with Gasteiger partial charge in [0.25, 0.3) is 5.91 Å². The van der Waals surface area contributed by atoms with E-state index in [4.69, 9.17) is 26.8 Å². The highest BCUT2D eigenvalue weighted by Crippen LogP contribution is 2.36. The van der Waals surface area contributed by atoms with E-state index in [9.17, 15) is 4.79 Å². The topological polar surface area (TPSA) is 73.6 Å². The number of rotatable bonds is 7. The van der Waals surface area contributed by atoms with E-state index in [1.165, 1.54) is 23.8 Å². The average molecular weight is 363 g/mol. The Kier molecular flexibility index (Phi) is 6.15. The minimum Gasteiger partial charge on any atom is -0.493 e. The van der Waals surface area contributed by atoms with Gasteiger partial charge in [0.2, 0.25) is 0 Å². The van der Waals surface area contributed by atoms with Crippen LogP contribution in [0.5, 0.6) is 11.5 Å². The molecule has 0 radical (unpaired) electrons. The van der Waals surface area contributed by atoms with Gasteiger partial charge in [-0.2, -0.15) is 0 Å². The van der Waals surface area contributed by atoms with Crippen molar-refractivity contribution in [3.05, 3.63) is 51.5 Å². The van der Waals surface area contributed by atoms with Gasteiger partial charge in [0, 0.05) is 12.2 Å². The average Bonchev–Trinajstić information content (AvgIpc) is 2.52. The Hall–Kier alpha value is -2.40. The summed E-state index contributed by atoms with van der Waals surface area (Å²) in [5.41, 5.74) is 10.8. The lowest BCUT2D eigenvalue weighted by atomic mass is 10.0. The summed E-state index contributed by atoms with van der Waals surface area (Å²) < 4.78 is 10.7. The molecule has 0 atom stereocenters. The van der Waals surface area contributed by atoms with Crippen molar-refractivity contribution >= 4 is 23.2 Å². The van der Waals surface area contributed by atoms with Crippen molar-refractivity contribution in [1.82, 2.24) is 0 Å². The number of methoxy groups -OCH3 is 1. The highest BCUT2D eigenvalue weighted by molar-refractivity contribution is 6.32. The quantitative estimate of drug-likeness (QED) is 0.786. The molecule has 0 fully saturated rings. The van der Waals surface area contributed by atoms with Crippen molar-refractivity contribution < 1.29 is 14.3 Å². The summed E-state index contributed by atoms with van der Waals surface area (Å²) in [6.07, 6.45) is 0. The maximum absolute atomic E-state index is 10.9. The number of nitrogens with two attached hydrogens (primary N) is 1. The molecular formula is C19H23ClN2O3. The molecule has 0 bridgehead atoms. The SMILES string of the molecule is COc1cc(CNc2c(C)cc(C)cc2C)cc(Cl)c1OCC(N)=O. The standard InChI is InChI=1S/C19H23ClN2O3/c1-11-5-12(2)18(13(3)6-11)22-9-14-7-15(20)19(16(8-14)24-4)25-10-17(21)23/h5-8,22H,9-10H2,1-4H3,(H2,21,23). The molecule has 0 unspecified atom stereocenters. The normalized spacial score (nSPS) is 10.4. The van der Waals surface area contributed by atoms with Crippen molar-refractivity contribution in [2.75, 3.05) is 19.0 Å². The number of benzene rings is 2. The zero-order chi connectivity index (χ0) is 18.6. The van der Waals surface area contributed by atoms with E-state index in [0.29, 0.717) is 23.1 Å². The minimum absolute atomic E-state index is 0.255. The Bertz CT molecular complexity index is 767. The molecule has 1 amide bonds. The molecule has 3 N–H and O–H groups in total. The molecule has 0 saturated carbocycles. The van der Waals surface area contributed by atoms with Crippen LogP contribution < -0.4 is 20.5 Å². The Morgan fingerprint density at radius 3 is 2.36 bits per heavy atom. The fourth-order valence-electron chi connectivity index (χ4n) is 2.81.